The van der Waals surface area contributed by atoms with Crippen molar-refractivity contribution in [2.24, 2.45) is 0 Å². The molecule has 5 heteroatoms. The number of nitrogens with zero attached hydrogens (tertiary/aromatic N) is 2. The van der Waals surface area contributed by atoms with Crippen LogP contribution in [0.25, 0.3) is 0 Å². The molecule has 0 spiro atoms. The van der Waals surface area contributed by atoms with Gasteiger partial charge in [-0.25, -0.2) is 9.97 Å². The number of aromatic nitrogens is 2. The molecule has 0 N–H and O–H groups in total. The van der Waals surface area contributed by atoms with Crippen molar-refractivity contribution < 1.29 is 4.74 Å². The summed E-state index contributed by atoms with van der Waals surface area (Å²) in [5.74, 6) is 1.47. The highest BCUT2D eigenvalue weighted by Crippen LogP contribution is 2.42. The molecule has 3 rings (SSSR count). The van der Waals surface area contributed by atoms with Crippen molar-refractivity contribution in [2.75, 3.05) is 6.61 Å². The maximum Gasteiger partial charge on any atom is 0.146 e. The number of rotatable bonds is 3. The molecule has 1 aliphatic heterocycles. The number of halogens is 2. The lowest BCUT2D eigenvalue weighted by molar-refractivity contribution is 0.0156. The molecule has 18 heavy (non-hydrogen) atoms. The van der Waals surface area contributed by atoms with Crippen LogP contribution in [0, 0.1) is 3.57 Å². The summed E-state index contributed by atoms with van der Waals surface area (Å²) in [4.78, 5) is 9.11. The van der Waals surface area contributed by atoms with Gasteiger partial charge in [0.15, 0.2) is 0 Å². The second kappa shape index (κ2) is 5.59. The molecule has 98 valence electrons. The monoisotopic (exact) mass is 378 g/mol. The standard InChI is InChI=1S/C13H16ClIN2O/c14-13-11(15)12(8-4-5-8)16-10(17-13)7-9-3-1-2-6-18-9/h8-9H,1-7H2. The molecule has 1 saturated heterocycles. The lowest BCUT2D eigenvalue weighted by Gasteiger charge is -2.22. The summed E-state index contributed by atoms with van der Waals surface area (Å²) in [7, 11) is 0. The van der Waals surface area contributed by atoms with Gasteiger partial charge in [0.1, 0.15) is 11.0 Å². The summed E-state index contributed by atoms with van der Waals surface area (Å²) in [6.07, 6.45) is 7.10. The average molecular weight is 379 g/mol. The Hall–Kier alpha value is 0.0600. The molecule has 1 aromatic rings. The van der Waals surface area contributed by atoms with E-state index >= 15 is 0 Å². The van der Waals surface area contributed by atoms with Crippen molar-refractivity contribution in [2.45, 2.75) is 50.5 Å². The van der Waals surface area contributed by atoms with Gasteiger partial charge in [-0.15, -0.1) is 0 Å². The van der Waals surface area contributed by atoms with Crippen molar-refractivity contribution in [3.63, 3.8) is 0 Å². The van der Waals surface area contributed by atoms with Gasteiger partial charge in [0, 0.05) is 18.9 Å². The molecule has 2 fully saturated rings. The van der Waals surface area contributed by atoms with Crippen LogP contribution in [0.5, 0.6) is 0 Å². The molecule has 0 radical (unpaired) electrons. The van der Waals surface area contributed by atoms with Crippen molar-refractivity contribution in [3.8, 4) is 0 Å². The van der Waals surface area contributed by atoms with Crippen LogP contribution in [0.3, 0.4) is 0 Å². The maximum absolute atomic E-state index is 6.21. The smallest absolute Gasteiger partial charge is 0.146 e. The third kappa shape index (κ3) is 2.96. The minimum atomic E-state index is 0.280. The predicted octanol–water partition coefficient (Wildman–Crippen LogP) is 3.72. The number of hydrogen-bond acceptors (Lipinski definition) is 3. The van der Waals surface area contributed by atoms with Gasteiger partial charge in [0.25, 0.3) is 0 Å². The third-order valence-corrected chi connectivity index (χ3v) is 5.19. The molecular formula is C13H16ClIN2O. The minimum absolute atomic E-state index is 0.280. The topological polar surface area (TPSA) is 35.0 Å². The fraction of sp³-hybridized carbons (Fsp3) is 0.692. The van der Waals surface area contributed by atoms with Crippen LogP contribution in [0.4, 0.5) is 0 Å². The van der Waals surface area contributed by atoms with Gasteiger partial charge < -0.3 is 4.74 Å². The lowest BCUT2D eigenvalue weighted by Crippen LogP contribution is -2.22. The largest absolute Gasteiger partial charge is 0.378 e. The van der Waals surface area contributed by atoms with Gasteiger partial charge in [0.05, 0.1) is 15.4 Å². The molecule has 3 nitrogen and oxygen atoms in total. The van der Waals surface area contributed by atoms with Crippen LogP contribution >= 0.6 is 34.2 Å². The van der Waals surface area contributed by atoms with E-state index in [2.05, 4.69) is 27.6 Å². The summed E-state index contributed by atoms with van der Waals surface area (Å²) in [6.45, 7) is 0.873. The molecule has 1 saturated carbocycles. The van der Waals surface area contributed by atoms with Crippen molar-refractivity contribution in [1.82, 2.24) is 9.97 Å². The van der Waals surface area contributed by atoms with E-state index in [1.807, 2.05) is 0 Å². The Balaban J connectivity index is 1.78. The van der Waals surface area contributed by atoms with Gasteiger partial charge in [-0.2, -0.15) is 0 Å². The summed E-state index contributed by atoms with van der Waals surface area (Å²) < 4.78 is 6.78. The quantitative estimate of drug-likeness (QED) is 0.594. The molecule has 0 aromatic carbocycles. The maximum atomic E-state index is 6.21. The highest BCUT2D eigenvalue weighted by atomic mass is 127. The van der Waals surface area contributed by atoms with Crippen molar-refractivity contribution in [3.05, 3.63) is 20.2 Å². The summed E-state index contributed by atoms with van der Waals surface area (Å²) in [5.41, 5.74) is 1.15. The molecule has 0 bridgehead atoms. The Labute approximate surface area is 126 Å². The zero-order chi connectivity index (χ0) is 12.5. The fourth-order valence-electron chi connectivity index (χ4n) is 2.37. The molecule has 1 atom stereocenters. The Morgan fingerprint density at radius 3 is 2.72 bits per heavy atom. The van der Waals surface area contributed by atoms with E-state index < -0.39 is 0 Å². The van der Waals surface area contributed by atoms with Crippen LogP contribution < -0.4 is 0 Å². The van der Waals surface area contributed by atoms with E-state index in [1.54, 1.807) is 0 Å². The predicted molar refractivity (Wildman–Crippen MR) is 79.0 cm³/mol. The molecule has 2 aliphatic rings. The average Bonchev–Trinajstić information content (AvgIpc) is 3.19. The number of ether oxygens (including phenoxy) is 1. The van der Waals surface area contributed by atoms with Gasteiger partial charge in [-0.1, -0.05) is 11.6 Å². The zero-order valence-electron chi connectivity index (χ0n) is 10.2. The first-order chi connectivity index (χ1) is 8.74. The Kier molecular flexibility index (Phi) is 4.06. The highest BCUT2D eigenvalue weighted by molar-refractivity contribution is 14.1. The van der Waals surface area contributed by atoms with E-state index in [-0.39, 0.29) is 6.10 Å². The summed E-state index contributed by atoms with van der Waals surface area (Å²) in [6, 6.07) is 0. The SMILES string of the molecule is Clc1nc(CC2CCCCO2)nc(C2CC2)c1I. The first-order valence-electron chi connectivity index (χ1n) is 6.57. The van der Waals surface area contributed by atoms with Crippen LogP contribution in [0.15, 0.2) is 0 Å². The summed E-state index contributed by atoms with van der Waals surface area (Å²) in [5, 5.41) is 0.610. The zero-order valence-corrected chi connectivity index (χ0v) is 13.1. The number of hydrogen-bond donors (Lipinski definition) is 0. The Bertz CT molecular complexity index is 445. The second-order valence-electron chi connectivity index (χ2n) is 5.10. The Morgan fingerprint density at radius 1 is 1.22 bits per heavy atom. The van der Waals surface area contributed by atoms with Gasteiger partial charge in [-0.3, -0.25) is 0 Å². The van der Waals surface area contributed by atoms with E-state index in [0.717, 1.165) is 34.5 Å². The minimum Gasteiger partial charge on any atom is -0.378 e. The molecule has 1 unspecified atom stereocenters. The first kappa shape index (κ1) is 13.1. The van der Waals surface area contributed by atoms with Crippen LogP contribution in [-0.4, -0.2) is 22.7 Å². The Morgan fingerprint density at radius 2 is 2.06 bits per heavy atom. The van der Waals surface area contributed by atoms with Crippen LogP contribution in [0.2, 0.25) is 5.15 Å². The van der Waals surface area contributed by atoms with Gasteiger partial charge >= 0.3 is 0 Å². The highest BCUT2D eigenvalue weighted by Gasteiger charge is 2.29. The lowest BCUT2D eigenvalue weighted by atomic mass is 10.1. The fourth-order valence-corrected chi connectivity index (χ4v) is 3.25. The first-order valence-corrected chi connectivity index (χ1v) is 8.03. The van der Waals surface area contributed by atoms with Crippen molar-refractivity contribution >= 4 is 34.2 Å². The molecular weight excluding hydrogens is 363 g/mol. The molecule has 2 heterocycles. The van der Waals surface area contributed by atoms with E-state index in [4.69, 9.17) is 21.3 Å². The van der Waals surface area contributed by atoms with Crippen molar-refractivity contribution in [1.29, 1.82) is 0 Å². The van der Waals surface area contributed by atoms with Gasteiger partial charge in [0.2, 0.25) is 0 Å². The van der Waals surface area contributed by atoms with Gasteiger partial charge in [-0.05, 0) is 54.7 Å². The third-order valence-electron chi connectivity index (χ3n) is 3.53. The second-order valence-corrected chi connectivity index (χ2v) is 6.53. The molecule has 1 aliphatic carbocycles. The summed E-state index contributed by atoms with van der Waals surface area (Å²) >= 11 is 8.47. The van der Waals surface area contributed by atoms with E-state index in [0.29, 0.717) is 11.1 Å². The van der Waals surface area contributed by atoms with Crippen LogP contribution in [-0.2, 0) is 11.2 Å². The van der Waals surface area contributed by atoms with E-state index in [1.165, 1.54) is 25.7 Å². The normalized spacial score (nSPS) is 24.2. The molecule has 1 aromatic heterocycles. The van der Waals surface area contributed by atoms with Crippen LogP contribution in [0.1, 0.15) is 49.5 Å². The van der Waals surface area contributed by atoms with E-state index in [9.17, 15) is 0 Å². The molecule has 0 amide bonds.